The molecule has 1 amide bonds. The van der Waals surface area contributed by atoms with E-state index in [-0.39, 0.29) is 18.6 Å². The van der Waals surface area contributed by atoms with Gasteiger partial charge in [0.25, 0.3) is 0 Å². The van der Waals surface area contributed by atoms with E-state index in [2.05, 4.69) is 10.1 Å². The fraction of sp³-hybridized carbons (Fsp3) is 0.462. The highest BCUT2D eigenvalue weighted by Gasteiger charge is 2.28. The normalized spacial score (nSPS) is 11.6. The second kappa shape index (κ2) is 7.28. The van der Waals surface area contributed by atoms with E-state index in [4.69, 9.17) is 10.3 Å². The molecule has 0 bridgehead atoms. The van der Waals surface area contributed by atoms with Crippen LogP contribution in [0.2, 0.25) is 0 Å². The van der Waals surface area contributed by atoms with E-state index in [0.717, 1.165) is 10.6 Å². The highest BCUT2D eigenvalue weighted by molar-refractivity contribution is 5.67. The molecule has 0 heterocycles. The van der Waals surface area contributed by atoms with Crippen molar-refractivity contribution in [1.82, 2.24) is 5.01 Å². The van der Waals surface area contributed by atoms with E-state index in [1.54, 1.807) is 0 Å². The summed E-state index contributed by atoms with van der Waals surface area (Å²) in [5, 5.41) is 4.43. The van der Waals surface area contributed by atoms with Crippen LogP contribution >= 0.6 is 0 Å². The van der Waals surface area contributed by atoms with Crippen LogP contribution in [-0.2, 0) is 11.3 Å². The SMILES string of the molecule is CC(C)C(C)N(N=[N+]=[N-])C(=O)OCc1ccccc1. The Morgan fingerprint density at radius 2 is 2.00 bits per heavy atom. The third kappa shape index (κ3) is 4.52. The summed E-state index contributed by atoms with van der Waals surface area (Å²) in [6.07, 6.45) is -0.636. The summed E-state index contributed by atoms with van der Waals surface area (Å²) >= 11 is 0. The molecule has 1 atom stereocenters. The number of rotatable bonds is 5. The first kappa shape index (κ1) is 14.9. The number of nitrogens with zero attached hydrogens (tertiary/aromatic N) is 4. The smallest absolute Gasteiger partial charge is 0.426 e. The van der Waals surface area contributed by atoms with Gasteiger partial charge in [-0.25, -0.2) is 0 Å². The Morgan fingerprint density at radius 1 is 1.37 bits per heavy atom. The lowest BCUT2D eigenvalue weighted by Crippen LogP contribution is -2.37. The van der Waals surface area contributed by atoms with Crippen molar-refractivity contribution in [3.05, 3.63) is 46.3 Å². The van der Waals surface area contributed by atoms with Crippen molar-refractivity contribution in [1.29, 1.82) is 0 Å². The topological polar surface area (TPSA) is 78.3 Å². The molecule has 0 saturated heterocycles. The van der Waals surface area contributed by atoms with Gasteiger partial charge in [-0.2, -0.15) is 9.71 Å². The maximum Gasteiger partial charge on any atom is 0.510 e. The Labute approximate surface area is 112 Å². The second-order valence-electron chi connectivity index (χ2n) is 4.55. The largest absolute Gasteiger partial charge is 0.510 e. The Bertz CT molecular complexity index is 455. The molecule has 0 spiro atoms. The zero-order valence-electron chi connectivity index (χ0n) is 11.4. The van der Waals surface area contributed by atoms with Gasteiger partial charge in [-0.3, -0.25) is 0 Å². The number of hydrogen-bond donors (Lipinski definition) is 0. The molecule has 0 aliphatic rings. The van der Waals surface area contributed by atoms with Crippen LogP contribution in [0.15, 0.2) is 35.6 Å². The lowest BCUT2D eigenvalue weighted by Gasteiger charge is -2.21. The number of carbonyl (C=O) groups is 1. The van der Waals surface area contributed by atoms with Gasteiger partial charge in [-0.05, 0) is 23.6 Å². The summed E-state index contributed by atoms with van der Waals surface area (Å²) < 4.78 is 5.14. The van der Waals surface area contributed by atoms with Gasteiger partial charge in [0.1, 0.15) is 12.6 Å². The Morgan fingerprint density at radius 3 is 2.53 bits per heavy atom. The third-order valence-electron chi connectivity index (χ3n) is 2.88. The van der Waals surface area contributed by atoms with Gasteiger partial charge in [0, 0.05) is 0 Å². The summed E-state index contributed by atoms with van der Waals surface area (Å²) in [7, 11) is 0. The number of amides is 1. The quantitative estimate of drug-likeness (QED) is 0.349. The van der Waals surface area contributed by atoms with Gasteiger partial charge in [-0.15, -0.1) is 10.5 Å². The first-order chi connectivity index (χ1) is 9.06. The highest BCUT2D eigenvalue weighted by atomic mass is 16.6. The molecule has 1 aromatic carbocycles. The van der Waals surface area contributed by atoms with E-state index in [9.17, 15) is 4.79 Å². The molecular formula is C13H18N4O2. The Hall–Kier alpha value is -2.20. The summed E-state index contributed by atoms with van der Waals surface area (Å²) in [4.78, 5) is 14.6. The number of azide groups is 1. The van der Waals surface area contributed by atoms with Crippen LogP contribution in [0.5, 0.6) is 0 Å². The average molecular weight is 262 g/mol. The summed E-state index contributed by atoms with van der Waals surface area (Å²) in [6, 6.07) is 9.11. The first-order valence-corrected chi connectivity index (χ1v) is 6.11. The maximum atomic E-state index is 11.9. The summed E-state index contributed by atoms with van der Waals surface area (Å²) in [5.74, 6) is 0.162. The summed E-state index contributed by atoms with van der Waals surface area (Å²) in [6.45, 7) is 5.84. The molecule has 19 heavy (non-hydrogen) atoms. The number of ether oxygens (including phenoxy) is 1. The lowest BCUT2D eigenvalue weighted by molar-refractivity contribution is 0.0747. The molecule has 1 rings (SSSR count). The van der Waals surface area contributed by atoms with Crippen molar-refractivity contribution in [2.75, 3.05) is 0 Å². The Kier molecular flexibility index (Phi) is 5.70. The molecule has 6 nitrogen and oxygen atoms in total. The predicted molar refractivity (Wildman–Crippen MR) is 71.9 cm³/mol. The minimum Gasteiger partial charge on any atom is -0.426 e. The fourth-order valence-electron chi connectivity index (χ4n) is 1.40. The molecule has 0 N–H and O–H groups in total. The zero-order valence-corrected chi connectivity index (χ0v) is 11.4. The van der Waals surface area contributed by atoms with Crippen LogP contribution in [0.25, 0.3) is 10.4 Å². The minimum absolute atomic E-state index is 0.155. The maximum absolute atomic E-state index is 11.9. The molecule has 0 aliphatic heterocycles. The van der Waals surface area contributed by atoms with Crippen molar-refractivity contribution in [2.45, 2.75) is 33.4 Å². The van der Waals surface area contributed by atoms with Gasteiger partial charge in [0.05, 0.1) is 0 Å². The van der Waals surface area contributed by atoms with E-state index < -0.39 is 6.09 Å². The molecule has 0 radical (unpaired) electrons. The van der Waals surface area contributed by atoms with Gasteiger partial charge < -0.3 is 4.74 Å². The third-order valence-corrected chi connectivity index (χ3v) is 2.88. The van der Waals surface area contributed by atoms with E-state index in [0.29, 0.717) is 0 Å². The molecule has 0 aliphatic carbocycles. The van der Waals surface area contributed by atoms with Crippen LogP contribution in [0.1, 0.15) is 26.3 Å². The molecule has 1 aromatic rings. The molecule has 102 valence electrons. The van der Waals surface area contributed by atoms with E-state index in [1.807, 2.05) is 51.1 Å². The second-order valence-corrected chi connectivity index (χ2v) is 4.55. The first-order valence-electron chi connectivity index (χ1n) is 6.11. The molecular weight excluding hydrogens is 244 g/mol. The minimum atomic E-state index is -0.636. The monoisotopic (exact) mass is 262 g/mol. The van der Waals surface area contributed by atoms with Crippen molar-refractivity contribution in [3.8, 4) is 0 Å². The van der Waals surface area contributed by atoms with Crippen LogP contribution in [0.3, 0.4) is 0 Å². The molecule has 0 fully saturated rings. The lowest BCUT2D eigenvalue weighted by atomic mass is 10.1. The van der Waals surface area contributed by atoms with Gasteiger partial charge in [-0.1, -0.05) is 44.2 Å². The van der Waals surface area contributed by atoms with Gasteiger partial charge >= 0.3 is 6.09 Å². The average Bonchev–Trinajstić information content (AvgIpc) is 2.42. The van der Waals surface area contributed by atoms with E-state index in [1.165, 1.54) is 0 Å². The zero-order chi connectivity index (χ0) is 14.3. The van der Waals surface area contributed by atoms with Crippen LogP contribution in [0, 0.1) is 5.92 Å². The summed E-state index contributed by atoms with van der Waals surface area (Å²) in [5.41, 5.74) is 9.39. The van der Waals surface area contributed by atoms with Crippen molar-refractivity contribution in [2.24, 2.45) is 11.1 Å². The number of carbonyl (C=O) groups excluding carboxylic acids is 1. The molecule has 0 aromatic heterocycles. The van der Waals surface area contributed by atoms with Crippen LogP contribution < -0.4 is 0 Å². The molecule has 0 saturated carbocycles. The number of benzene rings is 1. The molecule has 1 unspecified atom stereocenters. The van der Waals surface area contributed by atoms with E-state index >= 15 is 0 Å². The fourth-order valence-corrected chi connectivity index (χ4v) is 1.40. The highest BCUT2D eigenvalue weighted by Crippen LogP contribution is 2.13. The van der Waals surface area contributed by atoms with Crippen LogP contribution in [-0.4, -0.2) is 17.1 Å². The van der Waals surface area contributed by atoms with Crippen molar-refractivity contribution < 1.29 is 9.53 Å². The van der Waals surface area contributed by atoms with Crippen LogP contribution in [0.4, 0.5) is 4.79 Å². The predicted octanol–water partition coefficient (Wildman–Crippen LogP) is 3.90. The molecule has 6 heteroatoms. The van der Waals surface area contributed by atoms with Gasteiger partial charge in [0.2, 0.25) is 0 Å². The number of hydrogen-bond acceptors (Lipinski definition) is 3. The standard InChI is InChI=1S/C13H18N4O2/c1-10(2)11(3)17(16-15-14)13(18)19-9-12-7-5-4-6-8-12/h4-8,10-11H,9H2,1-3H3. The van der Waals surface area contributed by atoms with Crippen molar-refractivity contribution >= 4 is 6.09 Å². The van der Waals surface area contributed by atoms with Gasteiger partial charge in [0.15, 0.2) is 0 Å². The van der Waals surface area contributed by atoms with Crippen molar-refractivity contribution in [3.63, 3.8) is 0 Å². The Balaban J connectivity index is 2.65.